The minimum atomic E-state index is -3.58. The quantitative estimate of drug-likeness (QED) is 0.441. The largest absolute Gasteiger partial charge is 0.495 e. The number of anilines is 1. The zero-order chi connectivity index (χ0) is 29.9. The van der Waals surface area contributed by atoms with Crippen molar-refractivity contribution in [3.05, 3.63) is 85.7 Å². The van der Waals surface area contributed by atoms with Crippen molar-refractivity contribution in [1.29, 1.82) is 0 Å². The summed E-state index contributed by atoms with van der Waals surface area (Å²) >= 11 is 0. The van der Waals surface area contributed by atoms with Crippen LogP contribution in [0.5, 0.6) is 5.75 Å². The molecule has 216 valence electrons. The van der Waals surface area contributed by atoms with E-state index in [9.17, 15) is 22.8 Å². The molecule has 41 heavy (non-hydrogen) atoms. The maximum atomic E-state index is 13.5. The van der Waals surface area contributed by atoms with Crippen molar-refractivity contribution >= 4 is 21.6 Å². The van der Waals surface area contributed by atoms with Gasteiger partial charge in [-0.1, -0.05) is 32.6 Å². The smallest absolute Gasteiger partial charge is 0.332 e. The first-order chi connectivity index (χ1) is 19.3. The van der Waals surface area contributed by atoms with Crippen LogP contribution in [0.4, 0.5) is 5.69 Å². The molecule has 1 saturated heterocycles. The molecular weight excluding hydrogens is 548 g/mol. The van der Waals surface area contributed by atoms with E-state index in [1.807, 2.05) is 26.8 Å². The van der Waals surface area contributed by atoms with Crippen molar-refractivity contribution in [2.24, 2.45) is 0 Å². The molecule has 0 aliphatic carbocycles. The molecule has 1 aromatic heterocycles. The summed E-state index contributed by atoms with van der Waals surface area (Å²) in [4.78, 5) is 41.6. The summed E-state index contributed by atoms with van der Waals surface area (Å²) in [7, 11) is -2.05. The van der Waals surface area contributed by atoms with Gasteiger partial charge in [0, 0.05) is 42.2 Å². The van der Waals surface area contributed by atoms with E-state index in [4.69, 9.17) is 9.47 Å². The lowest BCUT2D eigenvalue weighted by Crippen LogP contribution is -2.41. The number of hydrogen-bond donors (Lipinski definition) is 2. The number of sulfonamides is 1. The Morgan fingerprint density at radius 3 is 2.34 bits per heavy atom. The van der Waals surface area contributed by atoms with E-state index in [-0.39, 0.29) is 17.2 Å². The summed E-state index contributed by atoms with van der Waals surface area (Å²) in [5.74, 6) is 6.37. The molecule has 4 rings (SSSR count). The zero-order valence-electron chi connectivity index (χ0n) is 23.5. The van der Waals surface area contributed by atoms with Gasteiger partial charge in [0.15, 0.2) is 0 Å². The maximum absolute atomic E-state index is 13.5. The number of H-pyrrole nitrogens is 1. The average Bonchev–Trinajstić information content (AvgIpc) is 2.90. The van der Waals surface area contributed by atoms with E-state index in [2.05, 4.69) is 21.5 Å². The molecule has 2 aromatic carbocycles. The van der Waals surface area contributed by atoms with Crippen molar-refractivity contribution < 1.29 is 22.7 Å². The van der Waals surface area contributed by atoms with Gasteiger partial charge in [-0.3, -0.25) is 23.9 Å². The van der Waals surface area contributed by atoms with E-state index in [0.717, 1.165) is 11.8 Å². The van der Waals surface area contributed by atoms with E-state index < -0.39 is 26.7 Å². The number of rotatable bonds is 5. The summed E-state index contributed by atoms with van der Waals surface area (Å²) in [6, 6.07) is 9.32. The summed E-state index contributed by atoms with van der Waals surface area (Å²) in [6.45, 7) is 7.58. The molecule has 3 aromatic rings. The Bertz CT molecular complexity index is 1770. The molecule has 0 atom stereocenters. The molecule has 1 fully saturated rings. The van der Waals surface area contributed by atoms with Crippen molar-refractivity contribution in [3.63, 3.8) is 0 Å². The Labute approximate surface area is 238 Å². The van der Waals surface area contributed by atoms with Crippen LogP contribution in [-0.2, 0) is 20.2 Å². The number of nitrogens with zero attached hydrogens (tertiary/aromatic N) is 2. The number of amides is 1. The third-order valence-corrected chi connectivity index (χ3v) is 6.98. The molecule has 1 amide bonds. The number of aromatic amines is 1. The van der Waals surface area contributed by atoms with Crippen LogP contribution < -0.4 is 20.7 Å². The zero-order valence-corrected chi connectivity index (χ0v) is 24.3. The summed E-state index contributed by atoms with van der Waals surface area (Å²) in [5.41, 5.74) is 1.03. The summed E-state index contributed by atoms with van der Waals surface area (Å²) in [6.07, 6.45) is 2.42. The second kappa shape index (κ2) is 11.6. The van der Waals surface area contributed by atoms with Crippen LogP contribution >= 0.6 is 0 Å². The van der Waals surface area contributed by atoms with Crippen LogP contribution in [0.25, 0.3) is 5.69 Å². The highest BCUT2D eigenvalue weighted by Crippen LogP contribution is 2.36. The molecule has 2 N–H and O–H groups in total. The second-order valence-electron chi connectivity index (χ2n) is 10.6. The van der Waals surface area contributed by atoms with Gasteiger partial charge in [-0.15, -0.1) is 0 Å². The maximum Gasteiger partial charge on any atom is 0.332 e. The van der Waals surface area contributed by atoms with Gasteiger partial charge in [0.05, 0.1) is 43.4 Å². The van der Waals surface area contributed by atoms with Gasteiger partial charge >= 0.3 is 5.69 Å². The Hall–Kier alpha value is -4.34. The highest BCUT2D eigenvalue weighted by atomic mass is 32.2. The van der Waals surface area contributed by atoms with Crippen LogP contribution in [-0.4, -0.2) is 68.4 Å². The van der Waals surface area contributed by atoms with Gasteiger partial charge in [0.25, 0.3) is 11.5 Å². The minimum Gasteiger partial charge on any atom is -0.495 e. The third kappa shape index (κ3) is 7.06. The van der Waals surface area contributed by atoms with Crippen LogP contribution in [0.2, 0.25) is 0 Å². The van der Waals surface area contributed by atoms with Gasteiger partial charge in [0.2, 0.25) is 10.0 Å². The normalized spacial score (nSPS) is 13.7. The van der Waals surface area contributed by atoms with Crippen molar-refractivity contribution in [2.75, 3.05) is 44.4 Å². The van der Waals surface area contributed by atoms with E-state index in [1.54, 1.807) is 17.0 Å². The SMILES string of the molecule is COc1c(C#Cc2ccc(NS(C)(=O)=O)cc2C(=O)N2CCOCC2)cc(-n2ccc(=O)[nH]c2=O)cc1C(C)(C)C. The van der Waals surface area contributed by atoms with Gasteiger partial charge in [-0.25, -0.2) is 13.2 Å². The lowest BCUT2D eigenvalue weighted by Gasteiger charge is -2.27. The average molecular weight is 581 g/mol. The number of carbonyl (C=O) groups excluding carboxylic acids is 1. The van der Waals surface area contributed by atoms with Crippen molar-refractivity contribution in [3.8, 4) is 23.3 Å². The Morgan fingerprint density at radius 1 is 1.05 bits per heavy atom. The van der Waals surface area contributed by atoms with E-state index in [1.165, 1.54) is 36.1 Å². The first-order valence-corrected chi connectivity index (χ1v) is 14.7. The third-order valence-electron chi connectivity index (χ3n) is 6.37. The van der Waals surface area contributed by atoms with Gasteiger partial charge in [0.1, 0.15) is 5.75 Å². The van der Waals surface area contributed by atoms with E-state index in [0.29, 0.717) is 48.9 Å². The Morgan fingerprint density at radius 2 is 1.73 bits per heavy atom. The fourth-order valence-electron chi connectivity index (χ4n) is 4.42. The fourth-order valence-corrected chi connectivity index (χ4v) is 4.98. The molecule has 0 radical (unpaired) electrons. The number of morpholine rings is 1. The molecule has 0 bridgehead atoms. The van der Waals surface area contributed by atoms with E-state index >= 15 is 0 Å². The van der Waals surface area contributed by atoms with Crippen molar-refractivity contribution in [2.45, 2.75) is 26.2 Å². The predicted octanol–water partition coefficient (Wildman–Crippen LogP) is 2.08. The summed E-state index contributed by atoms with van der Waals surface area (Å²) < 4.78 is 38.5. The monoisotopic (exact) mass is 580 g/mol. The van der Waals surface area contributed by atoms with Gasteiger partial charge < -0.3 is 14.4 Å². The number of carbonyl (C=O) groups is 1. The molecule has 0 unspecified atom stereocenters. The van der Waals surface area contributed by atoms with Crippen LogP contribution in [0, 0.1) is 11.8 Å². The number of hydrogen-bond acceptors (Lipinski definition) is 7. The fraction of sp³-hybridized carbons (Fsp3) is 0.345. The highest BCUT2D eigenvalue weighted by Gasteiger charge is 2.24. The molecule has 0 saturated carbocycles. The number of ether oxygens (including phenoxy) is 2. The minimum absolute atomic E-state index is 0.232. The lowest BCUT2D eigenvalue weighted by molar-refractivity contribution is 0.0302. The first-order valence-electron chi connectivity index (χ1n) is 12.8. The lowest BCUT2D eigenvalue weighted by atomic mass is 9.84. The Kier molecular flexibility index (Phi) is 8.42. The molecule has 2 heterocycles. The molecule has 1 aliphatic heterocycles. The van der Waals surface area contributed by atoms with Gasteiger partial charge in [-0.2, -0.15) is 0 Å². The number of methoxy groups -OCH3 is 1. The standard InChI is InChI=1S/C29H32N4O7S/c1-29(2,3)24-18-22(33-11-10-25(34)30-28(33)36)16-20(26(24)39-4)7-6-19-8-9-21(31-41(5,37)38)17-23(19)27(35)32-12-14-40-15-13-32/h8-11,16-18,31H,12-15H2,1-5H3,(H,30,34,36). The molecular formula is C29H32N4O7S. The second-order valence-corrected chi connectivity index (χ2v) is 12.3. The number of aromatic nitrogens is 2. The predicted molar refractivity (Wildman–Crippen MR) is 156 cm³/mol. The first kappa shape index (κ1) is 29.6. The molecule has 12 heteroatoms. The highest BCUT2D eigenvalue weighted by molar-refractivity contribution is 7.92. The van der Waals surface area contributed by atoms with Gasteiger partial charge in [-0.05, 0) is 35.7 Å². The number of benzene rings is 2. The molecule has 0 spiro atoms. The van der Waals surface area contributed by atoms with Crippen LogP contribution in [0.15, 0.2) is 52.2 Å². The molecule has 1 aliphatic rings. The number of nitrogens with one attached hydrogen (secondary N) is 2. The van der Waals surface area contributed by atoms with Crippen LogP contribution in [0.1, 0.15) is 47.8 Å². The molecule has 11 nitrogen and oxygen atoms in total. The van der Waals surface area contributed by atoms with Crippen molar-refractivity contribution in [1.82, 2.24) is 14.5 Å². The topological polar surface area (TPSA) is 140 Å². The van der Waals surface area contributed by atoms with Crippen LogP contribution in [0.3, 0.4) is 0 Å². The summed E-state index contributed by atoms with van der Waals surface area (Å²) in [5, 5.41) is 0. The Balaban J connectivity index is 1.89.